The van der Waals surface area contributed by atoms with E-state index >= 15 is 0 Å². The SMILES string of the molecule is CNc1ncnc(OCC2CCCCN2C)c1C(C)C. The summed E-state index contributed by atoms with van der Waals surface area (Å²) in [5, 5.41) is 3.12. The monoisotopic (exact) mass is 278 g/mol. The number of nitrogens with zero attached hydrogens (tertiary/aromatic N) is 3. The average Bonchev–Trinajstić information content (AvgIpc) is 2.45. The highest BCUT2D eigenvalue weighted by atomic mass is 16.5. The predicted molar refractivity (Wildman–Crippen MR) is 81.4 cm³/mol. The molecule has 0 aromatic carbocycles. The van der Waals surface area contributed by atoms with Gasteiger partial charge in [0, 0.05) is 13.1 Å². The predicted octanol–water partition coefficient (Wildman–Crippen LogP) is 2.50. The summed E-state index contributed by atoms with van der Waals surface area (Å²) in [7, 11) is 4.06. The Hall–Kier alpha value is -1.36. The zero-order chi connectivity index (χ0) is 14.5. The van der Waals surface area contributed by atoms with E-state index in [0.717, 1.165) is 23.8 Å². The van der Waals surface area contributed by atoms with Gasteiger partial charge in [-0.05, 0) is 32.4 Å². The standard InChI is InChI=1S/C15H26N4O/c1-11(2)13-14(16-3)17-10-18-15(13)20-9-12-7-5-6-8-19(12)4/h10-12H,5-9H2,1-4H3,(H,16,17,18). The third kappa shape index (κ3) is 3.39. The highest BCUT2D eigenvalue weighted by molar-refractivity contribution is 5.50. The van der Waals surface area contributed by atoms with Crippen LogP contribution >= 0.6 is 0 Å². The van der Waals surface area contributed by atoms with E-state index in [2.05, 4.69) is 41.1 Å². The lowest BCUT2D eigenvalue weighted by Gasteiger charge is -2.32. The molecule has 1 fully saturated rings. The van der Waals surface area contributed by atoms with Gasteiger partial charge in [-0.25, -0.2) is 9.97 Å². The highest BCUT2D eigenvalue weighted by Crippen LogP contribution is 2.30. The van der Waals surface area contributed by atoms with Gasteiger partial charge in [-0.1, -0.05) is 20.3 Å². The molecule has 1 aliphatic heterocycles. The molecule has 1 N–H and O–H groups in total. The fourth-order valence-corrected chi connectivity index (χ4v) is 2.74. The van der Waals surface area contributed by atoms with Crippen LogP contribution in [0.2, 0.25) is 0 Å². The van der Waals surface area contributed by atoms with Crippen LogP contribution in [0.25, 0.3) is 0 Å². The van der Waals surface area contributed by atoms with E-state index in [1.807, 2.05) is 7.05 Å². The average molecular weight is 278 g/mol. The summed E-state index contributed by atoms with van der Waals surface area (Å²) in [6.07, 6.45) is 5.36. The number of aromatic nitrogens is 2. The Bertz CT molecular complexity index is 436. The zero-order valence-electron chi connectivity index (χ0n) is 13.0. The lowest BCUT2D eigenvalue weighted by Crippen LogP contribution is -2.40. The molecule has 1 saturated heterocycles. The Morgan fingerprint density at radius 3 is 2.85 bits per heavy atom. The van der Waals surface area contributed by atoms with E-state index < -0.39 is 0 Å². The molecule has 5 heteroatoms. The third-order valence-corrected chi connectivity index (χ3v) is 4.00. The number of ether oxygens (including phenoxy) is 1. The second kappa shape index (κ2) is 6.88. The van der Waals surface area contributed by atoms with E-state index in [0.29, 0.717) is 18.6 Å². The number of nitrogens with one attached hydrogen (secondary N) is 1. The van der Waals surface area contributed by atoms with Crippen molar-refractivity contribution in [3.63, 3.8) is 0 Å². The van der Waals surface area contributed by atoms with E-state index in [1.54, 1.807) is 6.33 Å². The maximum absolute atomic E-state index is 6.02. The largest absolute Gasteiger partial charge is 0.476 e. The zero-order valence-corrected chi connectivity index (χ0v) is 13.0. The third-order valence-electron chi connectivity index (χ3n) is 4.00. The summed E-state index contributed by atoms with van der Waals surface area (Å²) in [5.41, 5.74) is 1.06. The molecule has 2 heterocycles. The van der Waals surface area contributed by atoms with Gasteiger partial charge < -0.3 is 15.0 Å². The normalized spacial score (nSPS) is 20.1. The summed E-state index contributed by atoms with van der Waals surface area (Å²) >= 11 is 0. The number of likely N-dealkylation sites (tertiary alicyclic amines) is 1. The van der Waals surface area contributed by atoms with Gasteiger partial charge in [0.05, 0.1) is 5.56 Å². The molecule has 0 amide bonds. The molecule has 5 nitrogen and oxygen atoms in total. The Morgan fingerprint density at radius 2 is 2.20 bits per heavy atom. The first-order valence-electron chi connectivity index (χ1n) is 7.49. The molecule has 1 aliphatic rings. The summed E-state index contributed by atoms with van der Waals surface area (Å²) < 4.78 is 6.02. The summed E-state index contributed by atoms with van der Waals surface area (Å²) in [6, 6.07) is 0.497. The van der Waals surface area contributed by atoms with Crippen LogP contribution in [0.5, 0.6) is 5.88 Å². The van der Waals surface area contributed by atoms with E-state index in [-0.39, 0.29) is 0 Å². The lowest BCUT2D eigenvalue weighted by atomic mass is 10.0. The molecule has 0 saturated carbocycles. The molecule has 1 atom stereocenters. The number of piperidine rings is 1. The summed E-state index contributed by atoms with van der Waals surface area (Å²) in [6.45, 7) is 6.14. The van der Waals surface area contributed by atoms with Crippen molar-refractivity contribution in [3.8, 4) is 5.88 Å². The van der Waals surface area contributed by atoms with Crippen molar-refractivity contribution >= 4 is 5.82 Å². The minimum Gasteiger partial charge on any atom is -0.476 e. The Labute approximate surface area is 121 Å². The molecule has 0 spiro atoms. The van der Waals surface area contributed by atoms with Crippen LogP contribution in [0.15, 0.2) is 6.33 Å². The lowest BCUT2D eigenvalue weighted by molar-refractivity contribution is 0.122. The van der Waals surface area contributed by atoms with Gasteiger partial charge in [0.2, 0.25) is 5.88 Å². The molecular formula is C15H26N4O. The molecule has 112 valence electrons. The number of hydrogen-bond donors (Lipinski definition) is 1. The first-order chi connectivity index (χ1) is 9.63. The maximum Gasteiger partial charge on any atom is 0.222 e. The minimum absolute atomic E-state index is 0.331. The molecule has 1 aromatic rings. The summed E-state index contributed by atoms with van der Waals surface area (Å²) in [5.74, 6) is 1.91. The quantitative estimate of drug-likeness (QED) is 0.897. The smallest absolute Gasteiger partial charge is 0.222 e. The van der Waals surface area contributed by atoms with Crippen molar-refractivity contribution in [2.75, 3.05) is 32.6 Å². The first kappa shape index (κ1) is 15.0. The van der Waals surface area contributed by atoms with Gasteiger partial charge in [-0.2, -0.15) is 0 Å². The van der Waals surface area contributed by atoms with Crippen molar-refractivity contribution in [2.45, 2.75) is 45.1 Å². The van der Waals surface area contributed by atoms with E-state index in [9.17, 15) is 0 Å². The Kier molecular flexibility index (Phi) is 5.17. The highest BCUT2D eigenvalue weighted by Gasteiger charge is 2.21. The van der Waals surface area contributed by atoms with Crippen LogP contribution in [0.1, 0.15) is 44.6 Å². The molecule has 0 aliphatic carbocycles. The van der Waals surface area contributed by atoms with E-state index in [4.69, 9.17) is 4.74 Å². The van der Waals surface area contributed by atoms with Crippen molar-refractivity contribution in [3.05, 3.63) is 11.9 Å². The Morgan fingerprint density at radius 1 is 1.40 bits per heavy atom. The first-order valence-corrected chi connectivity index (χ1v) is 7.49. The van der Waals surface area contributed by atoms with Crippen LogP contribution < -0.4 is 10.1 Å². The molecule has 20 heavy (non-hydrogen) atoms. The number of hydrogen-bond acceptors (Lipinski definition) is 5. The second-order valence-corrected chi connectivity index (χ2v) is 5.79. The molecule has 1 unspecified atom stereocenters. The van der Waals surface area contributed by atoms with Crippen molar-refractivity contribution in [2.24, 2.45) is 0 Å². The van der Waals surface area contributed by atoms with Gasteiger partial charge in [0.25, 0.3) is 0 Å². The van der Waals surface area contributed by atoms with Crippen molar-refractivity contribution in [1.29, 1.82) is 0 Å². The van der Waals surface area contributed by atoms with Gasteiger partial charge in [-0.15, -0.1) is 0 Å². The van der Waals surface area contributed by atoms with Crippen molar-refractivity contribution < 1.29 is 4.74 Å². The fourth-order valence-electron chi connectivity index (χ4n) is 2.74. The molecule has 1 aromatic heterocycles. The van der Waals surface area contributed by atoms with Crippen LogP contribution in [0.4, 0.5) is 5.82 Å². The number of rotatable bonds is 5. The van der Waals surface area contributed by atoms with Crippen LogP contribution in [0, 0.1) is 0 Å². The molecular weight excluding hydrogens is 252 g/mol. The van der Waals surface area contributed by atoms with Crippen LogP contribution in [-0.4, -0.2) is 48.2 Å². The van der Waals surface area contributed by atoms with E-state index in [1.165, 1.54) is 19.3 Å². The van der Waals surface area contributed by atoms with Gasteiger partial charge in [-0.3, -0.25) is 0 Å². The van der Waals surface area contributed by atoms with Gasteiger partial charge in [0.15, 0.2) is 0 Å². The maximum atomic E-state index is 6.02. The number of anilines is 1. The molecule has 2 rings (SSSR count). The molecule has 0 bridgehead atoms. The van der Waals surface area contributed by atoms with Crippen LogP contribution in [0.3, 0.4) is 0 Å². The Balaban J connectivity index is 2.08. The topological polar surface area (TPSA) is 50.3 Å². The van der Waals surface area contributed by atoms with Gasteiger partial charge >= 0.3 is 0 Å². The second-order valence-electron chi connectivity index (χ2n) is 5.79. The minimum atomic E-state index is 0.331. The summed E-state index contributed by atoms with van der Waals surface area (Å²) in [4.78, 5) is 11.0. The van der Waals surface area contributed by atoms with Crippen LogP contribution in [-0.2, 0) is 0 Å². The van der Waals surface area contributed by atoms with Gasteiger partial charge in [0.1, 0.15) is 18.8 Å². The molecule has 0 radical (unpaired) electrons. The number of likely N-dealkylation sites (N-methyl/N-ethyl adjacent to an activating group) is 1. The fraction of sp³-hybridized carbons (Fsp3) is 0.733. The van der Waals surface area contributed by atoms with Crippen molar-refractivity contribution in [1.82, 2.24) is 14.9 Å².